The van der Waals surface area contributed by atoms with Crippen LogP contribution in [-0.4, -0.2) is 31.6 Å². The molecule has 1 aromatic rings. The number of rotatable bonds is 10. The lowest BCUT2D eigenvalue weighted by molar-refractivity contribution is -0.143. The monoisotopic (exact) mass is 293 g/mol. The molecule has 0 fully saturated rings. The summed E-state index contributed by atoms with van der Waals surface area (Å²) in [5, 5.41) is 2.75. The fourth-order valence-corrected chi connectivity index (χ4v) is 1.71. The number of benzene rings is 1. The maximum atomic E-state index is 11.5. The van der Waals surface area contributed by atoms with E-state index in [0.29, 0.717) is 45.6 Å². The van der Waals surface area contributed by atoms with Gasteiger partial charge in [0.2, 0.25) is 5.91 Å². The molecule has 0 unspecified atom stereocenters. The summed E-state index contributed by atoms with van der Waals surface area (Å²) in [7, 11) is 0. The van der Waals surface area contributed by atoms with Crippen LogP contribution in [0.1, 0.15) is 31.7 Å². The number of carbonyl (C=O) groups is 2. The summed E-state index contributed by atoms with van der Waals surface area (Å²) in [4.78, 5) is 22.6. The molecule has 0 heterocycles. The van der Waals surface area contributed by atoms with Gasteiger partial charge in [-0.2, -0.15) is 0 Å². The number of amides is 1. The SMILES string of the molecule is CCOC(=O)CCCNC(=O)CCOCc1ccccc1. The second kappa shape index (κ2) is 10.9. The Morgan fingerprint density at radius 3 is 2.62 bits per heavy atom. The summed E-state index contributed by atoms with van der Waals surface area (Å²) in [5.74, 6) is -0.287. The van der Waals surface area contributed by atoms with Gasteiger partial charge in [-0.05, 0) is 18.9 Å². The normalized spacial score (nSPS) is 10.1. The molecule has 5 heteroatoms. The fourth-order valence-electron chi connectivity index (χ4n) is 1.71. The van der Waals surface area contributed by atoms with Gasteiger partial charge in [0.25, 0.3) is 0 Å². The molecular formula is C16H23NO4. The number of nitrogens with one attached hydrogen (secondary N) is 1. The molecule has 0 saturated heterocycles. The summed E-state index contributed by atoms with van der Waals surface area (Å²) in [6.07, 6.45) is 1.25. The highest BCUT2D eigenvalue weighted by atomic mass is 16.5. The summed E-state index contributed by atoms with van der Waals surface area (Å²) in [6, 6.07) is 9.82. The minimum absolute atomic E-state index is 0.0630. The number of ether oxygens (including phenoxy) is 2. The fraction of sp³-hybridized carbons (Fsp3) is 0.500. The van der Waals surface area contributed by atoms with Crippen LogP contribution in [0, 0.1) is 0 Å². The van der Waals surface area contributed by atoms with E-state index in [0.717, 1.165) is 5.56 Å². The van der Waals surface area contributed by atoms with E-state index in [9.17, 15) is 9.59 Å². The van der Waals surface area contributed by atoms with Crippen molar-refractivity contribution in [3.63, 3.8) is 0 Å². The molecule has 0 aromatic heterocycles. The molecule has 0 radical (unpaired) electrons. The molecule has 1 N–H and O–H groups in total. The lowest BCUT2D eigenvalue weighted by Gasteiger charge is -2.06. The Balaban J connectivity index is 1.98. The van der Waals surface area contributed by atoms with Crippen molar-refractivity contribution in [2.75, 3.05) is 19.8 Å². The van der Waals surface area contributed by atoms with Gasteiger partial charge >= 0.3 is 5.97 Å². The zero-order valence-electron chi connectivity index (χ0n) is 12.5. The zero-order chi connectivity index (χ0) is 15.3. The summed E-state index contributed by atoms with van der Waals surface area (Å²) < 4.78 is 10.2. The second-order valence-corrected chi connectivity index (χ2v) is 4.55. The number of esters is 1. The molecule has 1 aromatic carbocycles. The molecule has 0 aliphatic rings. The van der Waals surface area contributed by atoms with Gasteiger partial charge in [-0.3, -0.25) is 9.59 Å². The Kier molecular flexibility index (Phi) is 8.88. The van der Waals surface area contributed by atoms with Crippen LogP contribution in [0.4, 0.5) is 0 Å². The van der Waals surface area contributed by atoms with Gasteiger partial charge in [-0.1, -0.05) is 30.3 Å². The van der Waals surface area contributed by atoms with Crippen LogP contribution in [0.3, 0.4) is 0 Å². The van der Waals surface area contributed by atoms with Crippen LogP contribution in [-0.2, 0) is 25.7 Å². The van der Waals surface area contributed by atoms with Crippen molar-refractivity contribution in [3.05, 3.63) is 35.9 Å². The van der Waals surface area contributed by atoms with Gasteiger partial charge in [-0.15, -0.1) is 0 Å². The van der Waals surface area contributed by atoms with E-state index in [-0.39, 0.29) is 11.9 Å². The van der Waals surface area contributed by atoms with Gasteiger partial charge in [0.1, 0.15) is 0 Å². The van der Waals surface area contributed by atoms with Crippen molar-refractivity contribution < 1.29 is 19.1 Å². The van der Waals surface area contributed by atoms with Crippen molar-refractivity contribution in [1.29, 1.82) is 0 Å². The van der Waals surface area contributed by atoms with Gasteiger partial charge in [0.05, 0.1) is 19.8 Å². The van der Waals surface area contributed by atoms with E-state index >= 15 is 0 Å². The van der Waals surface area contributed by atoms with E-state index in [4.69, 9.17) is 9.47 Å². The van der Waals surface area contributed by atoms with Crippen molar-refractivity contribution in [1.82, 2.24) is 5.32 Å². The standard InChI is InChI=1S/C16H23NO4/c1-2-21-16(19)9-6-11-17-15(18)10-12-20-13-14-7-4-3-5-8-14/h3-5,7-8H,2,6,9-13H2,1H3,(H,17,18). The molecule has 5 nitrogen and oxygen atoms in total. The molecule has 0 bridgehead atoms. The van der Waals surface area contributed by atoms with Crippen molar-refractivity contribution in [2.24, 2.45) is 0 Å². The molecule has 0 spiro atoms. The predicted molar refractivity (Wildman–Crippen MR) is 79.6 cm³/mol. The van der Waals surface area contributed by atoms with E-state index < -0.39 is 0 Å². The first-order chi connectivity index (χ1) is 10.2. The third kappa shape index (κ3) is 8.81. The van der Waals surface area contributed by atoms with Crippen molar-refractivity contribution >= 4 is 11.9 Å². The Bertz CT molecular complexity index is 420. The Labute approximate surface area is 125 Å². The highest BCUT2D eigenvalue weighted by molar-refractivity contribution is 5.76. The average Bonchev–Trinajstić information content (AvgIpc) is 2.49. The molecule has 0 aliphatic heterocycles. The van der Waals surface area contributed by atoms with Crippen LogP contribution >= 0.6 is 0 Å². The van der Waals surface area contributed by atoms with Crippen LogP contribution in [0.15, 0.2) is 30.3 Å². The van der Waals surface area contributed by atoms with Crippen LogP contribution < -0.4 is 5.32 Å². The zero-order valence-corrected chi connectivity index (χ0v) is 12.5. The quantitative estimate of drug-likeness (QED) is 0.530. The first kappa shape index (κ1) is 17.2. The Morgan fingerprint density at radius 2 is 1.90 bits per heavy atom. The highest BCUT2D eigenvalue weighted by Crippen LogP contribution is 2.00. The average molecular weight is 293 g/mol. The second-order valence-electron chi connectivity index (χ2n) is 4.55. The van der Waals surface area contributed by atoms with E-state index in [1.54, 1.807) is 6.92 Å². The molecule has 0 atom stereocenters. The first-order valence-electron chi connectivity index (χ1n) is 7.26. The third-order valence-electron chi connectivity index (χ3n) is 2.77. The van der Waals surface area contributed by atoms with Crippen LogP contribution in [0.2, 0.25) is 0 Å². The van der Waals surface area contributed by atoms with Gasteiger partial charge < -0.3 is 14.8 Å². The minimum Gasteiger partial charge on any atom is -0.466 e. The molecule has 1 amide bonds. The summed E-state index contributed by atoms with van der Waals surface area (Å²) in [5.41, 5.74) is 1.09. The van der Waals surface area contributed by atoms with E-state index in [1.165, 1.54) is 0 Å². The molecule has 0 saturated carbocycles. The van der Waals surface area contributed by atoms with Crippen molar-refractivity contribution in [3.8, 4) is 0 Å². The summed E-state index contributed by atoms with van der Waals surface area (Å²) in [6.45, 7) is 3.55. The maximum absolute atomic E-state index is 11.5. The summed E-state index contributed by atoms with van der Waals surface area (Å²) >= 11 is 0. The molecule has 0 aliphatic carbocycles. The van der Waals surface area contributed by atoms with E-state index in [1.807, 2.05) is 30.3 Å². The minimum atomic E-state index is -0.224. The highest BCUT2D eigenvalue weighted by Gasteiger charge is 2.03. The third-order valence-corrected chi connectivity index (χ3v) is 2.77. The first-order valence-corrected chi connectivity index (χ1v) is 7.26. The lowest BCUT2D eigenvalue weighted by atomic mass is 10.2. The Morgan fingerprint density at radius 1 is 1.14 bits per heavy atom. The van der Waals surface area contributed by atoms with Gasteiger partial charge in [0.15, 0.2) is 0 Å². The Hall–Kier alpha value is -1.88. The van der Waals surface area contributed by atoms with E-state index in [2.05, 4.69) is 5.32 Å². The molecule has 21 heavy (non-hydrogen) atoms. The molecule has 1 rings (SSSR count). The van der Waals surface area contributed by atoms with Crippen LogP contribution in [0.25, 0.3) is 0 Å². The number of carbonyl (C=O) groups excluding carboxylic acids is 2. The van der Waals surface area contributed by atoms with Gasteiger partial charge in [-0.25, -0.2) is 0 Å². The predicted octanol–water partition coefficient (Wildman–Crippen LogP) is 2.05. The smallest absolute Gasteiger partial charge is 0.305 e. The molecular weight excluding hydrogens is 270 g/mol. The topological polar surface area (TPSA) is 64.6 Å². The maximum Gasteiger partial charge on any atom is 0.305 e. The lowest BCUT2D eigenvalue weighted by Crippen LogP contribution is -2.26. The number of hydrogen-bond donors (Lipinski definition) is 1. The van der Waals surface area contributed by atoms with Crippen molar-refractivity contribution in [2.45, 2.75) is 32.8 Å². The van der Waals surface area contributed by atoms with Crippen LogP contribution in [0.5, 0.6) is 0 Å². The largest absolute Gasteiger partial charge is 0.466 e. The molecule has 116 valence electrons. The van der Waals surface area contributed by atoms with Gasteiger partial charge in [0, 0.05) is 19.4 Å². The number of hydrogen-bond acceptors (Lipinski definition) is 4.